The molecule has 1 nitrogen and oxygen atoms in total. The molecule has 0 aliphatic carbocycles. The lowest BCUT2D eigenvalue weighted by atomic mass is 10.1. The fourth-order valence-corrected chi connectivity index (χ4v) is 0.270. The van der Waals surface area contributed by atoms with Crippen LogP contribution in [0.25, 0.3) is 0 Å². The van der Waals surface area contributed by atoms with Crippen LogP contribution in [-0.2, 0) is 0 Å². The number of rotatable bonds is 2. The van der Waals surface area contributed by atoms with E-state index in [1.807, 2.05) is 0 Å². The van der Waals surface area contributed by atoms with Gasteiger partial charge < -0.3 is 5.11 Å². The van der Waals surface area contributed by atoms with Gasteiger partial charge in [0, 0.05) is 0 Å². The van der Waals surface area contributed by atoms with Gasteiger partial charge in [-0.05, 0) is 6.08 Å². The Morgan fingerprint density at radius 2 is 1.70 bits per heavy atom. The molecule has 0 saturated heterocycles. The molecule has 0 amide bonds. The van der Waals surface area contributed by atoms with Crippen LogP contribution in [0.1, 0.15) is 0 Å². The molecule has 0 rings (SSSR count). The first-order chi connectivity index (χ1) is 4.37. The fraction of sp³-hybridized carbons (Fsp3) is 0.600. The Balaban J connectivity index is 4.48. The molecule has 1 unspecified atom stereocenters. The van der Waals surface area contributed by atoms with Crippen LogP contribution in [0.4, 0.5) is 17.6 Å². The van der Waals surface area contributed by atoms with Crippen molar-refractivity contribution in [1.29, 1.82) is 0 Å². The first-order valence-electron chi connectivity index (χ1n) is 2.37. The fourth-order valence-electron chi connectivity index (χ4n) is 0.270. The van der Waals surface area contributed by atoms with Crippen LogP contribution in [0.2, 0.25) is 0 Å². The highest BCUT2D eigenvalue weighted by atomic mass is 19.4. The molecular weight excluding hydrogens is 152 g/mol. The minimum absolute atomic E-state index is 0.0347. The second kappa shape index (κ2) is 2.57. The van der Waals surface area contributed by atoms with Gasteiger partial charge in [-0.2, -0.15) is 13.2 Å². The third-order valence-corrected chi connectivity index (χ3v) is 1.02. The number of aliphatic hydroxyl groups excluding tert-OH is 1. The SMILES string of the molecule is C=CC(F)(CO)C(F)(F)F. The van der Waals surface area contributed by atoms with Crippen LogP contribution < -0.4 is 0 Å². The Morgan fingerprint density at radius 3 is 1.70 bits per heavy atom. The third kappa shape index (κ3) is 1.47. The van der Waals surface area contributed by atoms with E-state index in [1.54, 1.807) is 0 Å². The average Bonchev–Trinajstić information content (AvgIpc) is 1.84. The molecule has 0 aliphatic rings. The molecule has 0 bridgehead atoms. The molecule has 0 fully saturated rings. The summed E-state index contributed by atoms with van der Waals surface area (Å²) in [4.78, 5) is 0. The molecule has 0 heterocycles. The molecule has 0 spiro atoms. The van der Waals surface area contributed by atoms with Gasteiger partial charge >= 0.3 is 6.18 Å². The van der Waals surface area contributed by atoms with E-state index >= 15 is 0 Å². The van der Waals surface area contributed by atoms with E-state index in [0.717, 1.165) is 0 Å². The van der Waals surface area contributed by atoms with Crippen LogP contribution in [0, 0.1) is 0 Å². The van der Waals surface area contributed by atoms with Crippen LogP contribution in [-0.4, -0.2) is 23.6 Å². The summed E-state index contributed by atoms with van der Waals surface area (Å²) in [5.41, 5.74) is -3.66. The minimum atomic E-state index is -5.08. The summed E-state index contributed by atoms with van der Waals surface area (Å²) in [6.07, 6.45) is -5.05. The van der Waals surface area contributed by atoms with Crippen molar-refractivity contribution in [3.8, 4) is 0 Å². The van der Waals surface area contributed by atoms with E-state index in [0.29, 0.717) is 0 Å². The van der Waals surface area contributed by atoms with Crippen LogP contribution in [0.15, 0.2) is 12.7 Å². The van der Waals surface area contributed by atoms with Crippen LogP contribution >= 0.6 is 0 Å². The highest BCUT2D eigenvalue weighted by Crippen LogP contribution is 2.34. The van der Waals surface area contributed by atoms with E-state index < -0.39 is 18.5 Å². The second-order valence-corrected chi connectivity index (χ2v) is 1.72. The zero-order chi connectivity index (χ0) is 8.41. The van der Waals surface area contributed by atoms with Crippen molar-refractivity contribution >= 4 is 0 Å². The molecule has 0 aliphatic heterocycles. The molecule has 1 N–H and O–H groups in total. The molecule has 0 radical (unpaired) electrons. The Bertz CT molecular complexity index is 130. The highest BCUT2D eigenvalue weighted by molar-refractivity contribution is 5.01. The van der Waals surface area contributed by atoms with Gasteiger partial charge in [0.25, 0.3) is 0 Å². The average molecular weight is 158 g/mol. The first kappa shape index (κ1) is 9.42. The Hall–Kier alpha value is -0.580. The van der Waals surface area contributed by atoms with E-state index in [1.165, 1.54) is 0 Å². The molecule has 0 aromatic heterocycles. The van der Waals surface area contributed by atoms with Gasteiger partial charge in [-0.15, -0.1) is 0 Å². The first-order valence-corrected chi connectivity index (χ1v) is 2.37. The molecule has 0 aromatic carbocycles. The number of hydrogen-bond acceptors (Lipinski definition) is 1. The third-order valence-electron chi connectivity index (χ3n) is 1.02. The molecule has 10 heavy (non-hydrogen) atoms. The van der Waals surface area contributed by atoms with Gasteiger partial charge in [-0.25, -0.2) is 4.39 Å². The van der Waals surface area contributed by atoms with Gasteiger partial charge in [0.15, 0.2) is 0 Å². The summed E-state index contributed by atoms with van der Waals surface area (Å²) in [7, 11) is 0. The monoisotopic (exact) mass is 158 g/mol. The van der Waals surface area contributed by atoms with E-state index in [4.69, 9.17) is 5.11 Å². The maximum absolute atomic E-state index is 12.3. The lowest BCUT2D eigenvalue weighted by Gasteiger charge is -2.21. The zero-order valence-electron chi connectivity index (χ0n) is 4.95. The van der Waals surface area contributed by atoms with Crippen molar-refractivity contribution in [2.75, 3.05) is 6.61 Å². The summed E-state index contributed by atoms with van der Waals surface area (Å²) in [5.74, 6) is 0. The maximum atomic E-state index is 12.3. The molecule has 1 atom stereocenters. The molecular formula is C5H6F4O. The minimum Gasteiger partial charge on any atom is -0.392 e. The second-order valence-electron chi connectivity index (χ2n) is 1.72. The lowest BCUT2D eigenvalue weighted by molar-refractivity contribution is -0.221. The largest absolute Gasteiger partial charge is 0.428 e. The predicted octanol–water partition coefficient (Wildman–Crippen LogP) is 1.44. The summed E-state index contributed by atoms with van der Waals surface area (Å²) < 4.78 is 46.8. The Morgan fingerprint density at radius 1 is 1.30 bits per heavy atom. The van der Waals surface area contributed by atoms with Gasteiger partial charge in [0.2, 0.25) is 5.67 Å². The zero-order valence-corrected chi connectivity index (χ0v) is 4.95. The summed E-state index contributed by atoms with van der Waals surface area (Å²) in [6.45, 7) is 0.990. The summed E-state index contributed by atoms with van der Waals surface area (Å²) in [5, 5.41) is 7.95. The number of halogens is 4. The van der Waals surface area contributed by atoms with Gasteiger partial charge in [0.05, 0.1) is 6.61 Å². The van der Waals surface area contributed by atoms with Crippen molar-refractivity contribution in [2.45, 2.75) is 11.8 Å². The van der Waals surface area contributed by atoms with Crippen molar-refractivity contribution < 1.29 is 22.7 Å². The van der Waals surface area contributed by atoms with Gasteiger partial charge in [-0.3, -0.25) is 0 Å². The normalized spacial score (nSPS) is 18.1. The van der Waals surface area contributed by atoms with Crippen molar-refractivity contribution in [1.82, 2.24) is 0 Å². The van der Waals surface area contributed by atoms with Crippen LogP contribution in [0.5, 0.6) is 0 Å². The quantitative estimate of drug-likeness (QED) is 0.476. The van der Waals surface area contributed by atoms with Crippen molar-refractivity contribution in [2.24, 2.45) is 0 Å². The molecule has 0 aromatic rings. The van der Waals surface area contributed by atoms with E-state index in [2.05, 4.69) is 6.58 Å². The van der Waals surface area contributed by atoms with Gasteiger partial charge in [-0.1, -0.05) is 6.58 Å². The maximum Gasteiger partial charge on any atom is 0.428 e. The topological polar surface area (TPSA) is 20.2 Å². The molecule has 5 heteroatoms. The number of hydrogen-bond donors (Lipinski definition) is 1. The smallest absolute Gasteiger partial charge is 0.392 e. The highest BCUT2D eigenvalue weighted by Gasteiger charge is 2.53. The van der Waals surface area contributed by atoms with Gasteiger partial charge in [0.1, 0.15) is 0 Å². The standard InChI is InChI=1S/C5H6F4O/c1-2-4(6,3-10)5(7,8)9/h2,10H,1,3H2. The summed E-state index contributed by atoms with van der Waals surface area (Å²) in [6, 6.07) is 0. The lowest BCUT2D eigenvalue weighted by Crippen LogP contribution is -2.42. The van der Waals surface area contributed by atoms with Crippen molar-refractivity contribution in [3.05, 3.63) is 12.7 Å². The Kier molecular flexibility index (Phi) is 2.42. The van der Waals surface area contributed by atoms with E-state index in [9.17, 15) is 17.6 Å². The molecule has 60 valence electrons. The van der Waals surface area contributed by atoms with E-state index in [-0.39, 0.29) is 6.08 Å². The number of alkyl halides is 4. The predicted molar refractivity (Wildman–Crippen MR) is 27.2 cm³/mol. The summed E-state index contributed by atoms with van der Waals surface area (Å²) >= 11 is 0. The van der Waals surface area contributed by atoms with Crippen LogP contribution in [0.3, 0.4) is 0 Å². The Labute approximate surface area is 55.0 Å². The molecule has 0 saturated carbocycles. The number of aliphatic hydroxyl groups is 1. The van der Waals surface area contributed by atoms with Crippen molar-refractivity contribution in [3.63, 3.8) is 0 Å².